The fraction of sp³-hybridized carbons (Fsp3) is 0.538. The number of nitrogens with zero attached hydrogens (tertiary/aromatic N) is 3. The van der Waals surface area contributed by atoms with Gasteiger partial charge in [-0.15, -0.1) is 11.3 Å². The first-order valence-corrected chi connectivity index (χ1v) is 7.36. The molecule has 0 saturated carbocycles. The van der Waals surface area contributed by atoms with E-state index in [1.54, 1.807) is 11.3 Å². The highest BCUT2D eigenvalue weighted by molar-refractivity contribution is 7.16. The largest absolute Gasteiger partial charge is 0.357 e. The molecular formula is C13H20N4S. The maximum atomic E-state index is 4.64. The van der Waals surface area contributed by atoms with Crippen LogP contribution in [0.1, 0.15) is 26.7 Å². The molecule has 0 aliphatic rings. The molecule has 0 aliphatic carbocycles. The first-order chi connectivity index (χ1) is 8.80. The average molecular weight is 264 g/mol. The summed E-state index contributed by atoms with van der Waals surface area (Å²) in [6.45, 7) is 6.49. The minimum atomic E-state index is 0.706. The van der Waals surface area contributed by atoms with Crippen molar-refractivity contribution < 1.29 is 0 Å². The van der Waals surface area contributed by atoms with Crippen LogP contribution in [0.5, 0.6) is 0 Å². The molecule has 0 bridgehead atoms. The molecule has 5 heteroatoms. The van der Waals surface area contributed by atoms with Crippen molar-refractivity contribution in [2.45, 2.75) is 26.7 Å². The minimum Gasteiger partial charge on any atom is -0.357 e. The van der Waals surface area contributed by atoms with Gasteiger partial charge in [-0.3, -0.25) is 0 Å². The van der Waals surface area contributed by atoms with Crippen LogP contribution in [0.2, 0.25) is 0 Å². The normalized spacial score (nSPS) is 10.8. The van der Waals surface area contributed by atoms with E-state index in [1.807, 2.05) is 7.05 Å². The third-order valence-corrected chi connectivity index (χ3v) is 3.62. The van der Waals surface area contributed by atoms with Gasteiger partial charge in [0.25, 0.3) is 0 Å². The number of fused-ring (bicyclic) bond motifs is 1. The van der Waals surface area contributed by atoms with Gasteiger partial charge in [0.05, 0.1) is 5.39 Å². The van der Waals surface area contributed by atoms with E-state index < -0.39 is 0 Å². The van der Waals surface area contributed by atoms with Crippen LogP contribution in [0, 0.1) is 0 Å². The summed E-state index contributed by atoms with van der Waals surface area (Å²) in [5.41, 5.74) is 0. The molecule has 0 saturated heterocycles. The van der Waals surface area contributed by atoms with Gasteiger partial charge in [0.1, 0.15) is 10.6 Å². The van der Waals surface area contributed by atoms with Gasteiger partial charge in [-0.1, -0.05) is 13.8 Å². The molecule has 4 nitrogen and oxygen atoms in total. The fourth-order valence-corrected chi connectivity index (χ4v) is 2.81. The van der Waals surface area contributed by atoms with E-state index >= 15 is 0 Å². The number of hydrogen-bond acceptors (Lipinski definition) is 5. The molecule has 0 aliphatic heterocycles. The monoisotopic (exact) mass is 264 g/mol. The Hall–Kier alpha value is -1.36. The Bertz CT molecular complexity index is 503. The zero-order valence-electron chi connectivity index (χ0n) is 11.2. The van der Waals surface area contributed by atoms with Crippen LogP contribution in [0.3, 0.4) is 0 Å². The molecule has 0 atom stereocenters. The first-order valence-electron chi connectivity index (χ1n) is 6.48. The molecule has 0 aromatic carbocycles. The molecule has 0 spiro atoms. The third-order valence-electron chi connectivity index (χ3n) is 2.82. The number of nitrogens with one attached hydrogen (secondary N) is 1. The first kappa shape index (κ1) is 13.1. The van der Waals surface area contributed by atoms with Crippen LogP contribution in [0.4, 0.5) is 11.8 Å². The summed E-state index contributed by atoms with van der Waals surface area (Å²) in [6.07, 6.45) is 2.26. The van der Waals surface area contributed by atoms with Crippen molar-refractivity contribution in [3.63, 3.8) is 0 Å². The van der Waals surface area contributed by atoms with Crippen molar-refractivity contribution in [2.24, 2.45) is 0 Å². The topological polar surface area (TPSA) is 41.1 Å². The zero-order chi connectivity index (χ0) is 13.0. The summed E-state index contributed by atoms with van der Waals surface area (Å²) < 4.78 is 0. The molecule has 2 aromatic heterocycles. The van der Waals surface area contributed by atoms with E-state index in [2.05, 4.69) is 45.5 Å². The van der Waals surface area contributed by atoms with Crippen molar-refractivity contribution >= 4 is 33.3 Å². The maximum Gasteiger partial charge on any atom is 0.225 e. The fourth-order valence-electron chi connectivity index (χ4n) is 2.06. The van der Waals surface area contributed by atoms with E-state index in [0.29, 0.717) is 5.95 Å². The number of aromatic nitrogens is 2. The lowest BCUT2D eigenvalue weighted by molar-refractivity contribution is 0.737. The smallest absolute Gasteiger partial charge is 0.225 e. The van der Waals surface area contributed by atoms with Gasteiger partial charge in [0.2, 0.25) is 5.95 Å². The lowest BCUT2D eigenvalue weighted by Gasteiger charge is -2.23. The minimum absolute atomic E-state index is 0.706. The molecule has 98 valence electrons. The molecule has 0 fully saturated rings. The highest BCUT2D eigenvalue weighted by Crippen LogP contribution is 2.29. The zero-order valence-corrected chi connectivity index (χ0v) is 12.0. The molecule has 18 heavy (non-hydrogen) atoms. The molecule has 0 amide bonds. The Labute approximate surface area is 112 Å². The second-order valence-corrected chi connectivity index (χ2v) is 5.14. The van der Waals surface area contributed by atoms with E-state index in [1.165, 1.54) is 5.39 Å². The summed E-state index contributed by atoms with van der Waals surface area (Å²) in [5.74, 6) is 1.77. The third kappa shape index (κ3) is 2.56. The van der Waals surface area contributed by atoms with Crippen molar-refractivity contribution in [2.75, 3.05) is 30.4 Å². The summed E-state index contributed by atoms with van der Waals surface area (Å²) in [7, 11) is 1.86. The predicted octanol–water partition coefficient (Wildman–Crippen LogP) is 3.36. The van der Waals surface area contributed by atoms with Crippen molar-refractivity contribution in [1.82, 2.24) is 9.97 Å². The van der Waals surface area contributed by atoms with E-state index in [9.17, 15) is 0 Å². The number of hydrogen-bond donors (Lipinski definition) is 1. The Balaban J connectivity index is 2.48. The van der Waals surface area contributed by atoms with Crippen molar-refractivity contribution in [3.05, 3.63) is 11.4 Å². The molecule has 2 aromatic rings. The van der Waals surface area contributed by atoms with Crippen LogP contribution in [0.25, 0.3) is 10.2 Å². The van der Waals surface area contributed by atoms with E-state index in [-0.39, 0.29) is 0 Å². The second-order valence-electron chi connectivity index (χ2n) is 4.25. The Morgan fingerprint density at radius 2 is 1.94 bits per heavy atom. The highest BCUT2D eigenvalue weighted by Gasteiger charge is 2.13. The lowest BCUT2D eigenvalue weighted by Crippen LogP contribution is -2.26. The van der Waals surface area contributed by atoms with Gasteiger partial charge >= 0.3 is 0 Å². The standard InChI is InChI=1S/C13H20N4S/c1-4-7-17(8-5-2)11-10-6-9-18-12(10)16-13(14-3)15-11/h6,9H,4-5,7-8H2,1-3H3,(H,14,15,16). The van der Waals surface area contributed by atoms with E-state index in [4.69, 9.17) is 0 Å². The Morgan fingerprint density at radius 1 is 1.22 bits per heavy atom. The Kier molecular flexibility index (Phi) is 4.36. The van der Waals surface area contributed by atoms with Crippen LogP contribution >= 0.6 is 11.3 Å². The van der Waals surface area contributed by atoms with Gasteiger partial charge in [-0.05, 0) is 24.3 Å². The molecule has 2 rings (SSSR count). The van der Waals surface area contributed by atoms with Gasteiger partial charge in [-0.25, -0.2) is 4.98 Å². The van der Waals surface area contributed by atoms with Crippen molar-refractivity contribution in [3.8, 4) is 0 Å². The van der Waals surface area contributed by atoms with E-state index in [0.717, 1.165) is 36.6 Å². The van der Waals surface area contributed by atoms with Gasteiger partial charge < -0.3 is 10.2 Å². The van der Waals surface area contributed by atoms with Crippen LogP contribution in [-0.4, -0.2) is 30.1 Å². The van der Waals surface area contributed by atoms with Gasteiger partial charge in [-0.2, -0.15) is 4.98 Å². The molecule has 1 N–H and O–H groups in total. The predicted molar refractivity (Wildman–Crippen MR) is 79.8 cm³/mol. The summed E-state index contributed by atoms with van der Waals surface area (Å²) >= 11 is 1.67. The molecular weight excluding hydrogens is 244 g/mol. The average Bonchev–Trinajstić information content (AvgIpc) is 2.85. The lowest BCUT2D eigenvalue weighted by atomic mass is 10.3. The number of rotatable bonds is 6. The molecule has 0 unspecified atom stereocenters. The SMILES string of the molecule is CCCN(CCC)c1nc(NC)nc2sccc12. The van der Waals surface area contributed by atoms with Crippen LogP contribution < -0.4 is 10.2 Å². The quantitative estimate of drug-likeness (QED) is 0.868. The second kappa shape index (κ2) is 6.00. The molecule has 2 heterocycles. The summed E-state index contributed by atoms with van der Waals surface area (Å²) in [4.78, 5) is 12.5. The Morgan fingerprint density at radius 3 is 2.56 bits per heavy atom. The summed E-state index contributed by atoms with van der Waals surface area (Å²) in [5, 5.41) is 6.30. The maximum absolute atomic E-state index is 4.64. The number of anilines is 2. The van der Waals surface area contributed by atoms with Crippen LogP contribution in [-0.2, 0) is 0 Å². The van der Waals surface area contributed by atoms with Gasteiger partial charge in [0, 0.05) is 20.1 Å². The van der Waals surface area contributed by atoms with Crippen LogP contribution in [0.15, 0.2) is 11.4 Å². The number of thiophene rings is 1. The molecule has 0 radical (unpaired) electrons. The van der Waals surface area contributed by atoms with Gasteiger partial charge in [0.15, 0.2) is 0 Å². The summed E-state index contributed by atoms with van der Waals surface area (Å²) in [6, 6.07) is 2.12. The highest BCUT2D eigenvalue weighted by atomic mass is 32.1. The van der Waals surface area contributed by atoms with Crippen molar-refractivity contribution in [1.29, 1.82) is 0 Å².